The van der Waals surface area contributed by atoms with E-state index in [0.717, 1.165) is 36.2 Å². The third-order valence-corrected chi connectivity index (χ3v) is 6.80. The van der Waals surface area contributed by atoms with Crippen LogP contribution in [-0.4, -0.2) is 0 Å². The number of hydrogen-bond donors (Lipinski definition) is 0. The van der Waals surface area contributed by atoms with Crippen LogP contribution in [0.2, 0.25) is 0 Å². The molecule has 2 fully saturated rings. The zero-order valence-corrected chi connectivity index (χ0v) is 16.2. The number of hydrogen-bond acceptors (Lipinski definition) is 0. The molecular formula is C24H34F2. The van der Waals surface area contributed by atoms with Crippen LogP contribution in [0, 0.1) is 29.4 Å². The first-order chi connectivity index (χ1) is 12.7. The zero-order valence-electron chi connectivity index (χ0n) is 16.2. The summed E-state index contributed by atoms with van der Waals surface area (Å²) in [4.78, 5) is 0. The highest BCUT2D eigenvalue weighted by Crippen LogP contribution is 2.44. The number of allylic oxidation sites excluding steroid dienone is 2. The quantitative estimate of drug-likeness (QED) is 0.359. The minimum absolute atomic E-state index is 0.416. The van der Waals surface area contributed by atoms with Crippen molar-refractivity contribution in [3.63, 3.8) is 0 Å². The maximum atomic E-state index is 13.5. The molecule has 0 amide bonds. The van der Waals surface area contributed by atoms with E-state index in [1.807, 2.05) is 0 Å². The van der Waals surface area contributed by atoms with E-state index < -0.39 is 11.6 Å². The Morgan fingerprint density at radius 2 is 1.54 bits per heavy atom. The van der Waals surface area contributed by atoms with Gasteiger partial charge in [0.2, 0.25) is 0 Å². The smallest absolute Gasteiger partial charge is 0.159 e. The molecule has 0 spiro atoms. The predicted octanol–water partition coefficient (Wildman–Crippen LogP) is 7.79. The summed E-state index contributed by atoms with van der Waals surface area (Å²) >= 11 is 0. The summed E-state index contributed by atoms with van der Waals surface area (Å²) < 4.78 is 26.6. The Hall–Kier alpha value is -1.18. The van der Waals surface area contributed by atoms with E-state index >= 15 is 0 Å². The van der Waals surface area contributed by atoms with E-state index in [1.54, 1.807) is 6.07 Å². The van der Waals surface area contributed by atoms with Crippen LogP contribution in [-0.2, 0) is 0 Å². The lowest BCUT2D eigenvalue weighted by Crippen LogP contribution is -2.25. The number of benzene rings is 1. The maximum Gasteiger partial charge on any atom is 0.159 e. The Bertz CT molecular complexity index is 576. The average molecular weight is 361 g/mol. The van der Waals surface area contributed by atoms with E-state index in [9.17, 15) is 8.78 Å². The van der Waals surface area contributed by atoms with Crippen LogP contribution >= 0.6 is 0 Å². The van der Waals surface area contributed by atoms with Crippen molar-refractivity contribution in [2.45, 2.75) is 83.5 Å². The molecule has 0 aliphatic heterocycles. The normalized spacial score (nSPS) is 30.0. The van der Waals surface area contributed by atoms with E-state index in [4.69, 9.17) is 0 Å². The van der Waals surface area contributed by atoms with Crippen LogP contribution in [0.15, 0.2) is 30.4 Å². The van der Waals surface area contributed by atoms with Gasteiger partial charge in [-0.1, -0.05) is 38.0 Å². The molecular weight excluding hydrogens is 326 g/mol. The fraction of sp³-hybridized carbons (Fsp3) is 0.667. The Morgan fingerprint density at radius 1 is 0.885 bits per heavy atom. The molecule has 144 valence electrons. The SMILES string of the molecule is CCCCC=C[C@H]1CC[C@H]([C@H]2CC[C@H](c3ccc(F)c(F)c3)CC2)CC1. The fourth-order valence-corrected chi connectivity index (χ4v) is 5.11. The molecule has 2 saturated carbocycles. The van der Waals surface area contributed by atoms with Crippen molar-refractivity contribution in [2.75, 3.05) is 0 Å². The summed E-state index contributed by atoms with van der Waals surface area (Å²) in [6.07, 6.45) is 19.0. The zero-order chi connectivity index (χ0) is 18.4. The molecule has 2 aliphatic carbocycles. The molecule has 0 atom stereocenters. The number of rotatable bonds is 6. The van der Waals surface area contributed by atoms with E-state index in [-0.39, 0.29) is 0 Å². The van der Waals surface area contributed by atoms with E-state index in [1.165, 1.54) is 69.9 Å². The molecule has 1 aromatic rings. The molecule has 0 bridgehead atoms. The standard InChI is InChI=1S/C24H34F2/c1-2-3-4-5-6-18-7-9-19(10-8-18)20-11-13-21(14-12-20)22-15-16-23(25)24(26)17-22/h5-6,15-21H,2-4,7-14H2,1H3/t18-,19-,20-,21-. The van der Waals surface area contributed by atoms with Crippen LogP contribution < -0.4 is 0 Å². The summed E-state index contributed by atoms with van der Waals surface area (Å²) in [5.74, 6) is 1.53. The predicted molar refractivity (Wildman–Crippen MR) is 105 cm³/mol. The van der Waals surface area contributed by atoms with Gasteiger partial charge in [0.05, 0.1) is 0 Å². The van der Waals surface area contributed by atoms with Gasteiger partial charge in [0.1, 0.15) is 0 Å². The van der Waals surface area contributed by atoms with Gasteiger partial charge in [-0.3, -0.25) is 0 Å². The maximum absolute atomic E-state index is 13.5. The van der Waals surface area contributed by atoms with Crippen LogP contribution in [0.4, 0.5) is 8.78 Å². The lowest BCUT2D eigenvalue weighted by atomic mass is 9.68. The van der Waals surface area contributed by atoms with Crippen molar-refractivity contribution >= 4 is 0 Å². The molecule has 0 nitrogen and oxygen atoms in total. The third-order valence-electron chi connectivity index (χ3n) is 6.80. The Labute approximate surface area is 158 Å². The van der Waals surface area contributed by atoms with Crippen molar-refractivity contribution in [3.8, 4) is 0 Å². The van der Waals surface area contributed by atoms with Crippen LogP contribution in [0.5, 0.6) is 0 Å². The van der Waals surface area contributed by atoms with Gasteiger partial charge >= 0.3 is 0 Å². The van der Waals surface area contributed by atoms with Gasteiger partial charge in [0.15, 0.2) is 11.6 Å². The van der Waals surface area contributed by atoms with Gasteiger partial charge in [0, 0.05) is 0 Å². The first kappa shape index (κ1) is 19.6. The van der Waals surface area contributed by atoms with Crippen LogP contribution in [0.3, 0.4) is 0 Å². The third kappa shape index (κ3) is 5.18. The van der Waals surface area contributed by atoms with Crippen molar-refractivity contribution in [3.05, 3.63) is 47.5 Å². The molecule has 0 radical (unpaired) electrons. The molecule has 0 saturated heterocycles. The van der Waals surface area contributed by atoms with Crippen molar-refractivity contribution in [1.82, 2.24) is 0 Å². The molecule has 2 aliphatic rings. The fourth-order valence-electron chi connectivity index (χ4n) is 5.11. The first-order valence-electron chi connectivity index (χ1n) is 10.8. The molecule has 26 heavy (non-hydrogen) atoms. The van der Waals surface area contributed by atoms with Crippen molar-refractivity contribution < 1.29 is 8.78 Å². The summed E-state index contributed by atoms with van der Waals surface area (Å²) in [6, 6.07) is 4.47. The highest BCUT2D eigenvalue weighted by atomic mass is 19.2. The Morgan fingerprint density at radius 3 is 2.15 bits per heavy atom. The highest BCUT2D eigenvalue weighted by Gasteiger charge is 2.30. The molecule has 0 N–H and O–H groups in total. The monoisotopic (exact) mass is 360 g/mol. The van der Waals surface area contributed by atoms with Gasteiger partial charge in [-0.25, -0.2) is 8.78 Å². The van der Waals surface area contributed by atoms with Crippen molar-refractivity contribution in [1.29, 1.82) is 0 Å². The molecule has 0 unspecified atom stereocenters. The number of halogens is 2. The van der Waals surface area contributed by atoms with Crippen LogP contribution in [0.25, 0.3) is 0 Å². The summed E-state index contributed by atoms with van der Waals surface area (Å²) in [5.41, 5.74) is 0.989. The first-order valence-corrected chi connectivity index (χ1v) is 10.8. The minimum Gasteiger partial charge on any atom is -0.204 e. The summed E-state index contributed by atoms with van der Waals surface area (Å²) in [6.45, 7) is 2.25. The average Bonchev–Trinajstić information content (AvgIpc) is 2.68. The lowest BCUT2D eigenvalue weighted by molar-refractivity contribution is 0.171. The summed E-state index contributed by atoms with van der Waals surface area (Å²) in [7, 11) is 0. The molecule has 0 heterocycles. The van der Waals surface area contributed by atoms with Gasteiger partial charge in [0.25, 0.3) is 0 Å². The van der Waals surface area contributed by atoms with Gasteiger partial charge in [-0.2, -0.15) is 0 Å². The highest BCUT2D eigenvalue weighted by molar-refractivity contribution is 5.22. The summed E-state index contributed by atoms with van der Waals surface area (Å²) in [5, 5.41) is 0. The van der Waals surface area contributed by atoms with E-state index in [2.05, 4.69) is 19.1 Å². The van der Waals surface area contributed by atoms with Crippen molar-refractivity contribution in [2.24, 2.45) is 17.8 Å². The van der Waals surface area contributed by atoms with Gasteiger partial charge in [-0.05, 0) is 99.2 Å². The topological polar surface area (TPSA) is 0 Å². The largest absolute Gasteiger partial charge is 0.204 e. The second kappa shape index (κ2) is 9.67. The molecule has 0 aromatic heterocycles. The second-order valence-electron chi connectivity index (χ2n) is 8.53. The second-order valence-corrected chi connectivity index (χ2v) is 8.53. The molecule has 1 aromatic carbocycles. The van der Waals surface area contributed by atoms with Crippen LogP contribution in [0.1, 0.15) is 89.0 Å². The minimum atomic E-state index is -0.733. The lowest BCUT2D eigenvalue weighted by Gasteiger charge is -2.37. The Balaban J connectivity index is 1.43. The van der Waals surface area contributed by atoms with E-state index in [0.29, 0.717) is 5.92 Å². The van der Waals surface area contributed by atoms with Gasteiger partial charge in [-0.15, -0.1) is 0 Å². The van der Waals surface area contributed by atoms with Gasteiger partial charge < -0.3 is 0 Å². The molecule has 2 heteroatoms. The molecule has 3 rings (SSSR count). The number of unbranched alkanes of at least 4 members (excludes halogenated alkanes) is 2. The Kier molecular flexibility index (Phi) is 7.28.